The zero-order chi connectivity index (χ0) is 48.5. The average molecular weight is 915 g/mol. The molecule has 4 aromatic rings. The van der Waals surface area contributed by atoms with Gasteiger partial charge in [0.15, 0.2) is 0 Å². The Labute approximate surface area is 396 Å². The van der Waals surface area contributed by atoms with Crippen molar-refractivity contribution >= 4 is 46.8 Å². The van der Waals surface area contributed by atoms with Gasteiger partial charge in [0.25, 0.3) is 5.91 Å². The van der Waals surface area contributed by atoms with Crippen LogP contribution in [-0.4, -0.2) is 76.3 Å². The first-order valence-electron chi connectivity index (χ1n) is 23.7. The molecule has 0 spiro atoms. The summed E-state index contributed by atoms with van der Waals surface area (Å²) in [5.74, 6) is 0.185. The molecule has 4 N–H and O–H groups in total. The van der Waals surface area contributed by atoms with Gasteiger partial charge >= 0.3 is 12.2 Å². The Morgan fingerprint density at radius 1 is 0.731 bits per heavy atom. The third kappa shape index (κ3) is 10.5. The van der Waals surface area contributed by atoms with Crippen LogP contribution >= 0.6 is 0 Å². The topological polar surface area (TPSA) is 153 Å². The van der Waals surface area contributed by atoms with Crippen molar-refractivity contribution in [3.05, 3.63) is 113 Å². The van der Waals surface area contributed by atoms with Gasteiger partial charge in [-0.25, -0.2) is 9.59 Å². The van der Waals surface area contributed by atoms with E-state index in [1.807, 2.05) is 84.0 Å². The monoisotopic (exact) mass is 915 g/mol. The van der Waals surface area contributed by atoms with E-state index < -0.39 is 34.8 Å². The molecule has 4 amide bonds. The third-order valence-electron chi connectivity index (χ3n) is 13.7. The lowest BCUT2D eigenvalue weighted by Gasteiger charge is -2.45. The molecule has 0 aromatic heterocycles. The zero-order valence-corrected chi connectivity index (χ0v) is 41.0. The van der Waals surface area contributed by atoms with Crippen molar-refractivity contribution in [1.29, 1.82) is 0 Å². The molecule has 3 aliphatic rings. The van der Waals surface area contributed by atoms with Crippen LogP contribution in [0.25, 0.3) is 0 Å². The van der Waals surface area contributed by atoms with Gasteiger partial charge in [0, 0.05) is 31.0 Å². The maximum Gasteiger partial charge on any atom is 0.410 e. The van der Waals surface area contributed by atoms with Crippen LogP contribution in [0.5, 0.6) is 5.75 Å². The van der Waals surface area contributed by atoms with Gasteiger partial charge in [0.05, 0.1) is 30.6 Å². The smallest absolute Gasteiger partial charge is 0.410 e. The first-order valence-corrected chi connectivity index (χ1v) is 23.7. The Kier molecular flexibility index (Phi) is 13.9. The summed E-state index contributed by atoms with van der Waals surface area (Å²) in [7, 11) is 1.64. The van der Waals surface area contributed by atoms with Crippen LogP contribution in [0.15, 0.2) is 91.0 Å². The van der Waals surface area contributed by atoms with E-state index in [0.717, 1.165) is 46.7 Å². The van der Waals surface area contributed by atoms with Crippen molar-refractivity contribution in [2.45, 2.75) is 142 Å². The number of nitrogens with zero attached hydrogens (tertiary/aromatic N) is 3. The van der Waals surface area contributed by atoms with Gasteiger partial charge in [-0.2, -0.15) is 0 Å². The lowest BCUT2D eigenvalue weighted by atomic mass is 9.71. The van der Waals surface area contributed by atoms with Crippen LogP contribution in [0, 0.1) is 5.41 Å². The number of likely N-dealkylation sites (tertiary alicyclic amines) is 2. The number of hydrogen-bond acceptors (Lipinski definition) is 8. The van der Waals surface area contributed by atoms with Crippen LogP contribution in [0.2, 0.25) is 0 Å². The minimum atomic E-state index is -1.19. The van der Waals surface area contributed by atoms with Gasteiger partial charge in [0.2, 0.25) is 5.91 Å². The second-order valence-electron chi connectivity index (χ2n) is 21.4. The predicted molar refractivity (Wildman–Crippen MR) is 265 cm³/mol. The summed E-state index contributed by atoms with van der Waals surface area (Å²) < 4.78 is 11.1. The van der Waals surface area contributed by atoms with Gasteiger partial charge in [-0.1, -0.05) is 84.0 Å². The number of benzene rings is 4. The Morgan fingerprint density at radius 2 is 1.37 bits per heavy atom. The number of nitrogens with one attached hydrogen (secondary N) is 3. The predicted octanol–water partition coefficient (Wildman–Crippen LogP) is 11.5. The molecule has 13 heteroatoms. The van der Waals surface area contributed by atoms with E-state index in [1.54, 1.807) is 7.11 Å². The molecule has 7 rings (SSSR count). The van der Waals surface area contributed by atoms with E-state index in [4.69, 9.17) is 9.47 Å². The largest absolute Gasteiger partial charge is 0.497 e. The highest BCUT2D eigenvalue weighted by Crippen LogP contribution is 2.49. The van der Waals surface area contributed by atoms with Gasteiger partial charge in [-0.15, -0.1) is 0 Å². The standard InChI is InChI=1S/C54H70N6O7/c1-51(2,3)38-19-23-40(24-20-38)60-44(36-16-21-39(22-17-36)56-48(62)54(52(4,5)6)30-12-32-59(54)49(63)64)28-29-45(60)37-18-27-42(55-34-35-14-25-41(66-10)26-15-35)43(33-37)57-47(61)46-13-11-31-58(46)50(65)67-53(7,8)9/h14-27,33,44-46,55H,11-13,28-32,34H2,1-10H3,(H,56,62)(H,57,61)(H,63,64)/t44?,45?,46-,54+/m0/s1. The molecular weight excluding hydrogens is 845 g/mol. The minimum absolute atomic E-state index is 0.0275. The van der Waals surface area contributed by atoms with Crippen LogP contribution in [-0.2, 0) is 26.3 Å². The lowest BCUT2D eigenvalue weighted by Crippen LogP contribution is -2.62. The summed E-state index contributed by atoms with van der Waals surface area (Å²) in [6.45, 7) is 19.1. The van der Waals surface area contributed by atoms with Crippen molar-refractivity contribution in [1.82, 2.24) is 9.80 Å². The molecule has 3 saturated heterocycles. The number of amides is 4. The Balaban J connectivity index is 1.21. The lowest BCUT2D eigenvalue weighted by molar-refractivity contribution is -0.131. The molecule has 67 heavy (non-hydrogen) atoms. The highest BCUT2D eigenvalue weighted by molar-refractivity contribution is 6.01. The number of ether oxygens (including phenoxy) is 2. The van der Waals surface area contributed by atoms with Gasteiger partial charge in [0.1, 0.15) is 22.9 Å². The first-order chi connectivity index (χ1) is 31.6. The van der Waals surface area contributed by atoms with E-state index in [2.05, 4.69) is 90.2 Å². The molecule has 4 aromatic carbocycles. The molecule has 358 valence electrons. The first kappa shape index (κ1) is 48.7. The van der Waals surface area contributed by atoms with E-state index >= 15 is 0 Å². The SMILES string of the molecule is COc1ccc(CNc2ccc(C3CCC(c4ccc(NC(=O)[C@@]5(C(C)(C)C)CCCN5C(=O)O)cc4)N3c3ccc(C(C)(C)C)cc3)cc2NC(=O)[C@@H]2CCCN2C(=O)OC(C)(C)C)cc1. The summed E-state index contributed by atoms with van der Waals surface area (Å²) >= 11 is 0. The number of hydrogen-bond donors (Lipinski definition) is 4. The molecule has 3 heterocycles. The van der Waals surface area contributed by atoms with Gasteiger partial charge < -0.3 is 35.4 Å². The molecular formula is C54H70N6O7. The molecule has 0 aliphatic carbocycles. The van der Waals surface area contributed by atoms with Crippen molar-refractivity contribution in [2.75, 3.05) is 41.0 Å². The number of carbonyl (C=O) groups excluding carboxylic acids is 3. The number of rotatable bonds is 11. The van der Waals surface area contributed by atoms with Gasteiger partial charge in [-0.3, -0.25) is 19.4 Å². The highest BCUT2D eigenvalue weighted by atomic mass is 16.6. The van der Waals surface area contributed by atoms with Gasteiger partial charge in [-0.05, 0) is 141 Å². The van der Waals surface area contributed by atoms with E-state index in [1.165, 1.54) is 15.4 Å². The molecule has 3 aliphatic heterocycles. The summed E-state index contributed by atoms with van der Waals surface area (Å²) in [4.78, 5) is 59.4. The number of methoxy groups -OCH3 is 1. The summed E-state index contributed by atoms with van der Waals surface area (Å²) in [6, 6.07) is 30.0. The Hall–Kier alpha value is -6.24. The second-order valence-corrected chi connectivity index (χ2v) is 21.4. The quantitative estimate of drug-likeness (QED) is 0.115. The second kappa shape index (κ2) is 19.2. The van der Waals surface area contributed by atoms with E-state index in [9.17, 15) is 24.3 Å². The fourth-order valence-electron chi connectivity index (χ4n) is 10.2. The fourth-order valence-corrected chi connectivity index (χ4v) is 10.2. The molecule has 4 atom stereocenters. The number of carboxylic acid groups (broad SMARTS) is 1. The van der Waals surface area contributed by atoms with E-state index in [-0.39, 0.29) is 29.3 Å². The molecule has 0 radical (unpaired) electrons. The molecule has 2 unspecified atom stereocenters. The van der Waals surface area contributed by atoms with Crippen molar-refractivity contribution in [2.24, 2.45) is 5.41 Å². The van der Waals surface area contributed by atoms with Crippen LogP contribution in [0.1, 0.15) is 135 Å². The molecule has 0 bridgehead atoms. The maximum absolute atomic E-state index is 14.3. The third-order valence-corrected chi connectivity index (χ3v) is 13.7. The zero-order valence-electron chi connectivity index (χ0n) is 41.0. The summed E-state index contributed by atoms with van der Waals surface area (Å²) in [6.07, 6.45) is 2.38. The van der Waals surface area contributed by atoms with Crippen molar-refractivity contribution in [3.63, 3.8) is 0 Å². The number of carbonyl (C=O) groups is 4. The summed E-state index contributed by atoms with van der Waals surface area (Å²) in [5.41, 5.74) is 4.86. The molecule has 13 nitrogen and oxygen atoms in total. The highest BCUT2D eigenvalue weighted by Gasteiger charge is 2.57. The minimum Gasteiger partial charge on any atom is -0.497 e. The van der Waals surface area contributed by atoms with Crippen molar-refractivity contribution < 1.29 is 33.8 Å². The maximum atomic E-state index is 14.3. The molecule has 3 fully saturated rings. The van der Waals surface area contributed by atoms with Crippen LogP contribution < -0.4 is 25.6 Å². The van der Waals surface area contributed by atoms with Crippen LogP contribution in [0.4, 0.5) is 32.3 Å². The Morgan fingerprint density at radius 3 is 1.97 bits per heavy atom. The Bertz CT molecular complexity index is 2420. The van der Waals surface area contributed by atoms with Crippen molar-refractivity contribution in [3.8, 4) is 5.75 Å². The number of anilines is 4. The van der Waals surface area contributed by atoms with Crippen LogP contribution in [0.3, 0.4) is 0 Å². The average Bonchev–Trinajstić information content (AvgIpc) is 4.06. The summed E-state index contributed by atoms with van der Waals surface area (Å²) in [5, 5.41) is 20.0. The molecule has 0 saturated carbocycles. The van der Waals surface area contributed by atoms with E-state index in [0.29, 0.717) is 56.7 Å². The fraction of sp³-hybridized carbons (Fsp3) is 0.481. The normalized spacial score (nSPS) is 21.0.